The number of hydrogen-bond donors (Lipinski definition) is 2. The van der Waals surface area contributed by atoms with Crippen molar-refractivity contribution >= 4 is 23.8 Å². The summed E-state index contributed by atoms with van der Waals surface area (Å²) >= 11 is 0. The van der Waals surface area contributed by atoms with Crippen LogP contribution in [-0.4, -0.2) is 66.4 Å². The Morgan fingerprint density at radius 3 is 1.79 bits per heavy atom. The highest BCUT2D eigenvalue weighted by molar-refractivity contribution is 5.97. The second kappa shape index (κ2) is 14.6. The molecule has 3 rings (SSSR count). The van der Waals surface area contributed by atoms with E-state index in [0.717, 1.165) is 11.1 Å². The van der Waals surface area contributed by atoms with Gasteiger partial charge in [0, 0.05) is 18.2 Å². The molecule has 42 heavy (non-hydrogen) atoms. The van der Waals surface area contributed by atoms with Crippen LogP contribution in [0, 0.1) is 0 Å². The lowest BCUT2D eigenvalue weighted by atomic mass is 9.86. The molecule has 0 unspecified atom stereocenters. The molecule has 222 valence electrons. The van der Waals surface area contributed by atoms with E-state index in [4.69, 9.17) is 18.9 Å². The quantitative estimate of drug-likeness (QED) is 0.238. The van der Waals surface area contributed by atoms with Gasteiger partial charge in [-0.3, -0.25) is 4.79 Å². The summed E-state index contributed by atoms with van der Waals surface area (Å²) in [7, 11) is 1.34. The third kappa shape index (κ3) is 7.62. The van der Waals surface area contributed by atoms with E-state index >= 15 is 0 Å². The summed E-state index contributed by atoms with van der Waals surface area (Å²) in [6.07, 6.45) is 0.547. The number of nitrogens with zero attached hydrogens (tertiary/aromatic N) is 1. The van der Waals surface area contributed by atoms with Crippen LogP contribution in [0.15, 0.2) is 60.8 Å². The molecule has 2 aromatic carbocycles. The maximum absolute atomic E-state index is 13.1. The van der Waals surface area contributed by atoms with Crippen LogP contribution in [0.3, 0.4) is 0 Å². The fraction of sp³-hybridized carbons (Fsp3) is 0.323. The standard InChI is InChI=1S/C31H34N2O9/c1-6-40-30(37)22-12-8-20(9-13-22)25(21-10-14-23(15-11-21)31(38)41-7-2)19(4)42-29(36)18(3)33-28(35)26-27(34)24(39-5)16-17-32-26/h8-19,25,34H,6-7H2,1-5H3,(H,33,35)/t18-,19-/m0/s1. The zero-order chi connectivity index (χ0) is 30.8. The average Bonchev–Trinajstić information content (AvgIpc) is 2.98. The molecule has 1 amide bonds. The molecule has 0 aliphatic carbocycles. The van der Waals surface area contributed by atoms with Crippen LogP contribution in [0.5, 0.6) is 11.5 Å². The first kappa shape index (κ1) is 31.6. The number of rotatable bonds is 12. The summed E-state index contributed by atoms with van der Waals surface area (Å²) in [6, 6.07) is 13.8. The number of carbonyl (C=O) groups excluding carboxylic acids is 4. The number of ether oxygens (including phenoxy) is 4. The van der Waals surface area contributed by atoms with Gasteiger partial charge >= 0.3 is 17.9 Å². The summed E-state index contributed by atoms with van der Waals surface area (Å²) < 4.78 is 20.9. The van der Waals surface area contributed by atoms with Gasteiger partial charge in [-0.1, -0.05) is 24.3 Å². The summed E-state index contributed by atoms with van der Waals surface area (Å²) in [4.78, 5) is 53.9. The second-order valence-corrected chi connectivity index (χ2v) is 9.21. The topological polar surface area (TPSA) is 150 Å². The number of aromatic nitrogens is 1. The van der Waals surface area contributed by atoms with Crippen LogP contribution in [-0.2, 0) is 19.0 Å². The van der Waals surface area contributed by atoms with Crippen LogP contribution >= 0.6 is 0 Å². The fourth-order valence-electron chi connectivity index (χ4n) is 4.26. The van der Waals surface area contributed by atoms with Crippen LogP contribution in [0.25, 0.3) is 0 Å². The Hall–Kier alpha value is -4.93. The average molecular weight is 579 g/mol. The number of aromatic hydroxyl groups is 1. The molecule has 3 aromatic rings. The Morgan fingerprint density at radius 1 is 0.833 bits per heavy atom. The Morgan fingerprint density at radius 2 is 1.33 bits per heavy atom. The van der Waals surface area contributed by atoms with E-state index in [-0.39, 0.29) is 24.7 Å². The molecular weight excluding hydrogens is 544 g/mol. The largest absolute Gasteiger partial charge is 0.503 e. The lowest BCUT2D eigenvalue weighted by Gasteiger charge is -2.27. The van der Waals surface area contributed by atoms with E-state index in [1.807, 2.05) is 0 Å². The Balaban J connectivity index is 1.84. The molecule has 0 spiro atoms. The van der Waals surface area contributed by atoms with Crippen LogP contribution < -0.4 is 10.1 Å². The van der Waals surface area contributed by atoms with Gasteiger partial charge in [0.15, 0.2) is 17.2 Å². The number of methoxy groups -OCH3 is 1. The third-order valence-corrected chi connectivity index (χ3v) is 6.36. The van der Waals surface area contributed by atoms with Gasteiger partial charge in [-0.05, 0) is 63.1 Å². The molecule has 11 heteroatoms. The smallest absolute Gasteiger partial charge is 0.338 e. The Bertz CT molecular complexity index is 1340. The highest BCUT2D eigenvalue weighted by Gasteiger charge is 2.29. The zero-order valence-electron chi connectivity index (χ0n) is 24.1. The first-order valence-electron chi connectivity index (χ1n) is 13.4. The number of nitrogens with one attached hydrogen (secondary N) is 1. The molecule has 0 aliphatic rings. The minimum absolute atomic E-state index is 0.0600. The number of hydrogen-bond acceptors (Lipinski definition) is 10. The predicted molar refractivity (Wildman–Crippen MR) is 152 cm³/mol. The van der Waals surface area contributed by atoms with Crippen molar-refractivity contribution < 1.29 is 43.2 Å². The van der Waals surface area contributed by atoms with Gasteiger partial charge in [0.2, 0.25) is 0 Å². The fourth-order valence-corrected chi connectivity index (χ4v) is 4.26. The van der Waals surface area contributed by atoms with Crippen LogP contribution in [0.1, 0.15) is 75.9 Å². The normalized spacial score (nSPS) is 12.1. The lowest BCUT2D eigenvalue weighted by molar-refractivity contribution is -0.150. The first-order valence-corrected chi connectivity index (χ1v) is 13.4. The number of esters is 3. The van der Waals surface area contributed by atoms with Crippen molar-refractivity contribution in [2.45, 2.75) is 45.8 Å². The van der Waals surface area contributed by atoms with Gasteiger partial charge in [-0.2, -0.15) is 0 Å². The van der Waals surface area contributed by atoms with Gasteiger partial charge in [0.05, 0.1) is 31.5 Å². The van der Waals surface area contributed by atoms with Crippen molar-refractivity contribution in [1.29, 1.82) is 0 Å². The molecule has 0 fully saturated rings. The van der Waals surface area contributed by atoms with Gasteiger partial charge in [0.25, 0.3) is 5.91 Å². The lowest BCUT2D eigenvalue weighted by Crippen LogP contribution is -2.41. The Labute approximate surface area is 243 Å². The van der Waals surface area contributed by atoms with Gasteiger partial charge in [0.1, 0.15) is 12.1 Å². The summed E-state index contributed by atoms with van der Waals surface area (Å²) in [5, 5.41) is 12.7. The first-order chi connectivity index (χ1) is 20.1. The van der Waals surface area contributed by atoms with Crippen LogP contribution in [0.4, 0.5) is 0 Å². The SMILES string of the molecule is CCOC(=O)c1ccc(C(c2ccc(C(=O)OCC)cc2)[C@H](C)OC(=O)[C@H](C)NC(=O)c2nccc(OC)c2O)cc1. The molecule has 1 heterocycles. The highest BCUT2D eigenvalue weighted by atomic mass is 16.5. The van der Waals surface area contributed by atoms with Crippen molar-refractivity contribution in [1.82, 2.24) is 10.3 Å². The molecule has 2 N–H and O–H groups in total. The molecule has 0 bridgehead atoms. The molecule has 0 saturated heterocycles. The Kier molecular flexibility index (Phi) is 11.0. The van der Waals surface area contributed by atoms with Gasteiger partial charge in [-0.15, -0.1) is 0 Å². The minimum atomic E-state index is -1.09. The highest BCUT2D eigenvalue weighted by Crippen LogP contribution is 2.31. The number of amides is 1. The van der Waals surface area contributed by atoms with E-state index < -0.39 is 47.6 Å². The van der Waals surface area contributed by atoms with E-state index in [1.54, 1.807) is 69.3 Å². The minimum Gasteiger partial charge on any atom is -0.503 e. The van der Waals surface area contributed by atoms with E-state index in [1.165, 1.54) is 26.3 Å². The maximum Gasteiger partial charge on any atom is 0.338 e. The maximum atomic E-state index is 13.1. The summed E-state index contributed by atoms with van der Waals surface area (Å²) in [5.41, 5.74) is 1.90. The van der Waals surface area contributed by atoms with Gasteiger partial charge in [-0.25, -0.2) is 19.4 Å². The van der Waals surface area contributed by atoms with Crippen molar-refractivity contribution in [3.8, 4) is 11.5 Å². The summed E-state index contributed by atoms with van der Waals surface area (Å²) in [5.74, 6) is -3.33. The van der Waals surface area contributed by atoms with Crippen LogP contribution in [0.2, 0.25) is 0 Å². The molecule has 11 nitrogen and oxygen atoms in total. The number of pyridine rings is 1. The molecule has 0 aliphatic heterocycles. The van der Waals surface area contributed by atoms with Crippen molar-refractivity contribution in [2.75, 3.05) is 20.3 Å². The molecule has 0 radical (unpaired) electrons. The second-order valence-electron chi connectivity index (χ2n) is 9.21. The summed E-state index contributed by atoms with van der Waals surface area (Å²) in [6.45, 7) is 7.07. The third-order valence-electron chi connectivity index (χ3n) is 6.36. The molecule has 1 aromatic heterocycles. The predicted octanol–water partition coefficient (Wildman–Crippen LogP) is 4.03. The van der Waals surface area contributed by atoms with E-state index in [9.17, 15) is 24.3 Å². The van der Waals surface area contributed by atoms with Gasteiger partial charge < -0.3 is 29.4 Å². The molecular formula is C31H34N2O9. The molecule has 2 atom stereocenters. The van der Waals surface area contributed by atoms with Crippen molar-refractivity contribution in [2.24, 2.45) is 0 Å². The molecule has 0 saturated carbocycles. The monoisotopic (exact) mass is 578 g/mol. The van der Waals surface area contributed by atoms with Crippen molar-refractivity contribution in [3.63, 3.8) is 0 Å². The zero-order valence-corrected chi connectivity index (χ0v) is 24.1. The number of carbonyl (C=O) groups is 4. The van der Waals surface area contributed by atoms with E-state index in [0.29, 0.717) is 11.1 Å². The number of benzene rings is 2. The van der Waals surface area contributed by atoms with E-state index in [2.05, 4.69) is 10.3 Å². The van der Waals surface area contributed by atoms with Crippen molar-refractivity contribution in [3.05, 3.63) is 88.7 Å².